The average molecular weight is 130 g/mol. The predicted octanol–water partition coefficient (Wildman–Crippen LogP) is 1.25. The molecule has 0 N–H and O–H groups in total. The number of rotatable bonds is 5. The Labute approximate surface area is 56.2 Å². The molecule has 0 amide bonds. The van der Waals surface area contributed by atoms with Gasteiger partial charge < -0.3 is 9.53 Å². The predicted molar refractivity (Wildman–Crippen MR) is 36.3 cm³/mol. The first-order chi connectivity index (χ1) is 4.31. The first-order valence-electron chi connectivity index (χ1n) is 3.34. The van der Waals surface area contributed by atoms with Crippen LogP contribution in [0.2, 0.25) is 0 Å². The summed E-state index contributed by atoms with van der Waals surface area (Å²) in [5, 5.41) is 0. The maximum Gasteiger partial charge on any atom is 0.125 e. The quantitative estimate of drug-likeness (QED) is 0.413. The van der Waals surface area contributed by atoms with E-state index in [0.29, 0.717) is 6.61 Å². The summed E-state index contributed by atoms with van der Waals surface area (Å²) in [6.45, 7) is 5.23. The molecule has 0 rings (SSSR count). The Kier molecular flexibility index (Phi) is 5.52. The van der Waals surface area contributed by atoms with Crippen LogP contribution in [0, 0.1) is 5.92 Å². The molecule has 0 saturated carbocycles. The molecule has 0 heterocycles. The molecule has 0 bridgehead atoms. The molecule has 2 nitrogen and oxygen atoms in total. The number of carbonyl (C=O) groups excluding carboxylic acids is 1. The number of hydrogen-bond acceptors (Lipinski definition) is 2. The van der Waals surface area contributed by atoms with Gasteiger partial charge in [-0.25, -0.2) is 0 Å². The van der Waals surface area contributed by atoms with Gasteiger partial charge in [-0.15, -0.1) is 0 Å². The second kappa shape index (κ2) is 5.76. The topological polar surface area (TPSA) is 26.3 Å². The minimum Gasteiger partial charge on any atom is -0.381 e. The number of hydrogen-bond donors (Lipinski definition) is 0. The lowest BCUT2D eigenvalue weighted by atomic mass is 10.2. The van der Waals surface area contributed by atoms with E-state index in [0.717, 1.165) is 19.3 Å². The lowest BCUT2D eigenvalue weighted by Gasteiger charge is -2.02. The molecule has 0 spiro atoms. The third-order valence-corrected chi connectivity index (χ3v) is 0.962. The third kappa shape index (κ3) is 5.50. The Bertz CT molecular complexity index is 71.3. The standard InChI is InChI=1S/C7H14O2/c1-3-4-9-6-7(2)5-8/h5,7H,3-4,6H2,1-2H3. The van der Waals surface area contributed by atoms with E-state index in [1.165, 1.54) is 0 Å². The Morgan fingerprint density at radius 3 is 2.78 bits per heavy atom. The molecule has 0 aliphatic carbocycles. The molecule has 1 unspecified atom stereocenters. The molecular weight excluding hydrogens is 116 g/mol. The summed E-state index contributed by atoms with van der Waals surface area (Å²) >= 11 is 0. The zero-order chi connectivity index (χ0) is 7.11. The van der Waals surface area contributed by atoms with Gasteiger partial charge in [-0.2, -0.15) is 0 Å². The Balaban J connectivity index is 2.96. The van der Waals surface area contributed by atoms with Gasteiger partial charge in [-0.3, -0.25) is 0 Å². The molecule has 0 saturated heterocycles. The van der Waals surface area contributed by atoms with E-state index >= 15 is 0 Å². The van der Waals surface area contributed by atoms with Crippen LogP contribution in [-0.2, 0) is 9.53 Å². The normalized spacial score (nSPS) is 13.1. The Morgan fingerprint density at radius 2 is 2.33 bits per heavy atom. The molecule has 0 aliphatic heterocycles. The molecule has 9 heavy (non-hydrogen) atoms. The second-order valence-corrected chi connectivity index (χ2v) is 2.19. The first kappa shape index (κ1) is 8.63. The van der Waals surface area contributed by atoms with Crippen LogP contribution in [0.4, 0.5) is 0 Å². The summed E-state index contributed by atoms with van der Waals surface area (Å²) in [7, 11) is 0. The first-order valence-corrected chi connectivity index (χ1v) is 3.34. The molecule has 0 aliphatic rings. The van der Waals surface area contributed by atoms with Crippen molar-refractivity contribution in [2.45, 2.75) is 20.3 Å². The van der Waals surface area contributed by atoms with Crippen LogP contribution in [-0.4, -0.2) is 19.5 Å². The van der Waals surface area contributed by atoms with Crippen molar-refractivity contribution in [3.63, 3.8) is 0 Å². The minimum absolute atomic E-state index is 0.0524. The highest BCUT2D eigenvalue weighted by Gasteiger charge is 1.96. The highest BCUT2D eigenvalue weighted by atomic mass is 16.5. The summed E-state index contributed by atoms with van der Waals surface area (Å²) < 4.78 is 5.10. The molecule has 0 fully saturated rings. The van der Waals surface area contributed by atoms with E-state index < -0.39 is 0 Å². The maximum atomic E-state index is 10.0. The summed E-state index contributed by atoms with van der Waals surface area (Å²) in [4.78, 5) is 10.0. The van der Waals surface area contributed by atoms with Gasteiger partial charge in [0.25, 0.3) is 0 Å². The second-order valence-electron chi connectivity index (χ2n) is 2.19. The highest BCUT2D eigenvalue weighted by Crippen LogP contribution is 1.90. The van der Waals surface area contributed by atoms with Crippen LogP contribution in [0.1, 0.15) is 20.3 Å². The van der Waals surface area contributed by atoms with Crippen molar-refractivity contribution in [3.05, 3.63) is 0 Å². The van der Waals surface area contributed by atoms with E-state index in [2.05, 4.69) is 0 Å². The zero-order valence-electron chi connectivity index (χ0n) is 6.09. The van der Waals surface area contributed by atoms with Gasteiger partial charge in [0, 0.05) is 12.5 Å². The van der Waals surface area contributed by atoms with Gasteiger partial charge in [0.2, 0.25) is 0 Å². The molecule has 54 valence electrons. The number of ether oxygens (including phenoxy) is 1. The van der Waals surface area contributed by atoms with E-state index in [9.17, 15) is 4.79 Å². The van der Waals surface area contributed by atoms with Crippen molar-refractivity contribution in [3.8, 4) is 0 Å². The van der Waals surface area contributed by atoms with Gasteiger partial charge in [0.1, 0.15) is 6.29 Å². The Hall–Kier alpha value is -0.370. The van der Waals surface area contributed by atoms with E-state index in [4.69, 9.17) is 4.74 Å². The van der Waals surface area contributed by atoms with Crippen LogP contribution in [0.5, 0.6) is 0 Å². The highest BCUT2D eigenvalue weighted by molar-refractivity contribution is 5.52. The summed E-state index contributed by atoms with van der Waals surface area (Å²) in [6.07, 6.45) is 1.93. The van der Waals surface area contributed by atoms with E-state index in [1.54, 1.807) is 0 Å². The fourth-order valence-electron chi connectivity index (χ4n) is 0.453. The van der Waals surface area contributed by atoms with Crippen molar-refractivity contribution < 1.29 is 9.53 Å². The van der Waals surface area contributed by atoms with E-state index in [-0.39, 0.29) is 5.92 Å². The molecule has 0 aromatic heterocycles. The molecule has 1 atom stereocenters. The third-order valence-electron chi connectivity index (χ3n) is 0.962. The van der Waals surface area contributed by atoms with Crippen LogP contribution < -0.4 is 0 Å². The van der Waals surface area contributed by atoms with Crippen LogP contribution in [0.25, 0.3) is 0 Å². The maximum absolute atomic E-state index is 10.0. The smallest absolute Gasteiger partial charge is 0.125 e. The average Bonchev–Trinajstić information content (AvgIpc) is 1.89. The lowest BCUT2D eigenvalue weighted by molar-refractivity contribution is -0.112. The molecule has 0 aromatic rings. The Morgan fingerprint density at radius 1 is 1.67 bits per heavy atom. The fourth-order valence-corrected chi connectivity index (χ4v) is 0.453. The van der Waals surface area contributed by atoms with Crippen molar-refractivity contribution in [2.24, 2.45) is 5.92 Å². The van der Waals surface area contributed by atoms with Gasteiger partial charge in [0.15, 0.2) is 0 Å². The minimum atomic E-state index is 0.0524. The van der Waals surface area contributed by atoms with E-state index in [1.807, 2.05) is 13.8 Å². The van der Waals surface area contributed by atoms with Crippen LogP contribution >= 0.6 is 0 Å². The van der Waals surface area contributed by atoms with Gasteiger partial charge >= 0.3 is 0 Å². The monoisotopic (exact) mass is 130 g/mol. The SMILES string of the molecule is CCCOCC(C)C=O. The lowest BCUT2D eigenvalue weighted by Crippen LogP contribution is -2.06. The summed E-state index contributed by atoms with van der Waals surface area (Å²) in [5.74, 6) is 0.0524. The van der Waals surface area contributed by atoms with Crippen LogP contribution in [0.15, 0.2) is 0 Å². The summed E-state index contributed by atoms with van der Waals surface area (Å²) in [6, 6.07) is 0. The van der Waals surface area contributed by atoms with Crippen LogP contribution in [0.3, 0.4) is 0 Å². The van der Waals surface area contributed by atoms with Crippen molar-refractivity contribution in [1.82, 2.24) is 0 Å². The number of aldehydes is 1. The number of carbonyl (C=O) groups is 1. The van der Waals surface area contributed by atoms with Crippen molar-refractivity contribution >= 4 is 6.29 Å². The van der Waals surface area contributed by atoms with Gasteiger partial charge in [0.05, 0.1) is 6.61 Å². The molecule has 0 radical (unpaired) electrons. The fraction of sp³-hybridized carbons (Fsp3) is 0.857. The zero-order valence-corrected chi connectivity index (χ0v) is 6.09. The largest absolute Gasteiger partial charge is 0.381 e. The molecular formula is C7H14O2. The molecule has 0 aromatic carbocycles. The molecule has 2 heteroatoms. The van der Waals surface area contributed by atoms with Crippen molar-refractivity contribution in [2.75, 3.05) is 13.2 Å². The van der Waals surface area contributed by atoms with Crippen molar-refractivity contribution in [1.29, 1.82) is 0 Å². The van der Waals surface area contributed by atoms with Gasteiger partial charge in [-0.1, -0.05) is 13.8 Å². The summed E-state index contributed by atoms with van der Waals surface area (Å²) in [5.41, 5.74) is 0. The van der Waals surface area contributed by atoms with Gasteiger partial charge in [-0.05, 0) is 6.42 Å².